The van der Waals surface area contributed by atoms with Gasteiger partial charge in [0, 0.05) is 6.54 Å². The molecule has 0 aromatic heterocycles. The Morgan fingerprint density at radius 1 is 1.16 bits per heavy atom. The standard InChI is InChI=1S/C20H32N2O3/c1-6-14(2)18(19(24)25)22-13-17(23)21-12-11-15-7-9-16(10-8-15)20(3,4)5/h7-10,14,18,22H,6,11-13H2,1-5H3,(H,21,23)(H,24,25)/t14-,18-/m0/s1. The lowest BCUT2D eigenvalue weighted by atomic mass is 9.86. The third kappa shape index (κ3) is 7.26. The molecule has 5 nitrogen and oxygen atoms in total. The van der Waals surface area contributed by atoms with E-state index in [1.807, 2.05) is 13.8 Å². The van der Waals surface area contributed by atoms with Crippen molar-refractivity contribution >= 4 is 11.9 Å². The van der Waals surface area contributed by atoms with E-state index in [0.29, 0.717) is 6.54 Å². The maximum atomic E-state index is 11.9. The van der Waals surface area contributed by atoms with Crippen LogP contribution in [0.25, 0.3) is 0 Å². The van der Waals surface area contributed by atoms with E-state index in [9.17, 15) is 14.7 Å². The summed E-state index contributed by atoms with van der Waals surface area (Å²) in [5.74, 6) is -1.12. The number of nitrogens with one attached hydrogen (secondary N) is 2. The van der Waals surface area contributed by atoms with Crippen LogP contribution in [-0.4, -0.2) is 36.1 Å². The number of carboxylic acid groups (broad SMARTS) is 1. The lowest BCUT2D eigenvalue weighted by Gasteiger charge is -2.20. The maximum absolute atomic E-state index is 11.9. The monoisotopic (exact) mass is 348 g/mol. The van der Waals surface area contributed by atoms with Crippen molar-refractivity contribution in [3.8, 4) is 0 Å². The highest BCUT2D eigenvalue weighted by Crippen LogP contribution is 2.22. The van der Waals surface area contributed by atoms with Gasteiger partial charge in [0.05, 0.1) is 6.54 Å². The first-order chi connectivity index (χ1) is 11.6. The van der Waals surface area contributed by atoms with E-state index >= 15 is 0 Å². The van der Waals surface area contributed by atoms with E-state index in [-0.39, 0.29) is 23.8 Å². The first-order valence-electron chi connectivity index (χ1n) is 8.97. The molecule has 1 amide bonds. The first-order valence-corrected chi connectivity index (χ1v) is 8.97. The molecule has 1 aromatic carbocycles. The number of hydrogen-bond donors (Lipinski definition) is 3. The van der Waals surface area contributed by atoms with Crippen molar-refractivity contribution in [3.63, 3.8) is 0 Å². The topological polar surface area (TPSA) is 78.4 Å². The molecule has 25 heavy (non-hydrogen) atoms. The van der Waals surface area contributed by atoms with Crippen molar-refractivity contribution in [1.29, 1.82) is 0 Å². The van der Waals surface area contributed by atoms with Crippen LogP contribution in [0.3, 0.4) is 0 Å². The van der Waals surface area contributed by atoms with Crippen molar-refractivity contribution in [2.24, 2.45) is 5.92 Å². The largest absolute Gasteiger partial charge is 0.480 e. The van der Waals surface area contributed by atoms with Gasteiger partial charge in [0.25, 0.3) is 0 Å². The number of rotatable bonds is 9. The Balaban J connectivity index is 2.38. The van der Waals surface area contributed by atoms with Crippen LogP contribution in [-0.2, 0) is 21.4 Å². The summed E-state index contributed by atoms with van der Waals surface area (Å²) >= 11 is 0. The van der Waals surface area contributed by atoms with E-state index < -0.39 is 12.0 Å². The van der Waals surface area contributed by atoms with Crippen molar-refractivity contribution in [3.05, 3.63) is 35.4 Å². The number of carbonyl (C=O) groups excluding carboxylic acids is 1. The Bertz CT molecular complexity index is 561. The Labute approximate surface area is 151 Å². The molecule has 0 spiro atoms. The minimum atomic E-state index is -0.916. The second-order valence-corrected chi connectivity index (χ2v) is 7.63. The van der Waals surface area contributed by atoms with Crippen LogP contribution < -0.4 is 10.6 Å². The normalized spacial score (nSPS) is 14.0. The second-order valence-electron chi connectivity index (χ2n) is 7.63. The van der Waals surface area contributed by atoms with Crippen molar-refractivity contribution in [2.45, 2.75) is 58.9 Å². The molecule has 0 bridgehead atoms. The van der Waals surface area contributed by atoms with Gasteiger partial charge in [-0.2, -0.15) is 0 Å². The number of aliphatic carboxylic acids is 1. The molecule has 0 saturated heterocycles. The van der Waals surface area contributed by atoms with E-state index in [4.69, 9.17) is 0 Å². The van der Waals surface area contributed by atoms with Crippen molar-refractivity contribution in [2.75, 3.05) is 13.1 Å². The summed E-state index contributed by atoms with van der Waals surface area (Å²) in [7, 11) is 0. The molecule has 1 rings (SSSR count). The Morgan fingerprint density at radius 3 is 2.24 bits per heavy atom. The first kappa shape index (κ1) is 21.2. The average molecular weight is 348 g/mol. The van der Waals surface area contributed by atoms with Crippen LogP contribution in [0.4, 0.5) is 0 Å². The van der Waals surface area contributed by atoms with Crippen LogP contribution in [0.1, 0.15) is 52.2 Å². The predicted molar refractivity (Wildman–Crippen MR) is 101 cm³/mol. The molecular formula is C20H32N2O3. The maximum Gasteiger partial charge on any atom is 0.320 e. The number of amides is 1. The molecule has 140 valence electrons. The molecule has 5 heteroatoms. The van der Waals surface area contributed by atoms with Crippen molar-refractivity contribution in [1.82, 2.24) is 10.6 Å². The number of carbonyl (C=O) groups is 2. The van der Waals surface area contributed by atoms with Gasteiger partial charge in [-0.1, -0.05) is 65.3 Å². The summed E-state index contributed by atoms with van der Waals surface area (Å²) in [6.07, 6.45) is 1.50. The molecule has 0 aliphatic heterocycles. The third-order valence-electron chi connectivity index (χ3n) is 4.52. The van der Waals surface area contributed by atoms with Gasteiger partial charge in [-0.3, -0.25) is 14.9 Å². The van der Waals surface area contributed by atoms with Crippen LogP contribution >= 0.6 is 0 Å². The molecule has 0 heterocycles. The predicted octanol–water partition coefficient (Wildman–Crippen LogP) is 2.73. The lowest BCUT2D eigenvalue weighted by Crippen LogP contribution is -2.46. The fourth-order valence-corrected chi connectivity index (χ4v) is 2.55. The van der Waals surface area contributed by atoms with Gasteiger partial charge < -0.3 is 10.4 Å². The van der Waals surface area contributed by atoms with Gasteiger partial charge >= 0.3 is 5.97 Å². The van der Waals surface area contributed by atoms with Crippen LogP contribution in [0.2, 0.25) is 0 Å². The second kappa shape index (κ2) is 9.56. The molecular weight excluding hydrogens is 316 g/mol. The number of benzene rings is 1. The minimum Gasteiger partial charge on any atom is -0.480 e. The van der Waals surface area contributed by atoms with Gasteiger partial charge in [-0.05, 0) is 28.9 Å². The summed E-state index contributed by atoms with van der Waals surface area (Å²) in [6, 6.07) is 7.74. The lowest BCUT2D eigenvalue weighted by molar-refractivity contribution is -0.140. The molecule has 0 unspecified atom stereocenters. The molecule has 0 aliphatic carbocycles. The number of carboxylic acids is 1. The van der Waals surface area contributed by atoms with Gasteiger partial charge in [0.1, 0.15) is 6.04 Å². The highest BCUT2D eigenvalue weighted by molar-refractivity contribution is 5.80. The number of hydrogen-bond acceptors (Lipinski definition) is 3. The van der Waals surface area contributed by atoms with E-state index in [0.717, 1.165) is 12.8 Å². The quantitative estimate of drug-likeness (QED) is 0.641. The minimum absolute atomic E-state index is 0.0181. The van der Waals surface area contributed by atoms with Gasteiger partial charge in [0.15, 0.2) is 0 Å². The summed E-state index contributed by atoms with van der Waals surface area (Å²) in [5.41, 5.74) is 2.59. The molecule has 1 aromatic rings. The van der Waals surface area contributed by atoms with E-state index in [2.05, 4.69) is 55.7 Å². The molecule has 0 fully saturated rings. The van der Waals surface area contributed by atoms with Crippen LogP contribution in [0.15, 0.2) is 24.3 Å². The van der Waals surface area contributed by atoms with Crippen LogP contribution in [0.5, 0.6) is 0 Å². The van der Waals surface area contributed by atoms with Crippen LogP contribution in [0, 0.1) is 5.92 Å². The highest BCUT2D eigenvalue weighted by atomic mass is 16.4. The Kier molecular flexibility index (Phi) is 8.10. The smallest absolute Gasteiger partial charge is 0.320 e. The summed E-state index contributed by atoms with van der Waals surface area (Å²) < 4.78 is 0. The Hall–Kier alpha value is -1.88. The third-order valence-corrected chi connectivity index (χ3v) is 4.52. The molecule has 2 atom stereocenters. The van der Waals surface area contributed by atoms with E-state index in [1.54, 1.807) is 0 Å². The molecule has 0 aliphatic rings. The Morgan fingerprint density at radius 2 is 1.76 bits per heavy atom. The zero-order valence-electron chi connectivity index (χ0n) is 16.1. The zero-order chi connectivity index (χ0) is 19.0. The zero-order valence-corrected chi connectivity index (χ0v) is 16.1. The summed E-state index contributed by atoms with van der Waals surface area (Å²) in [6.45, 7) is 10.9. The fourth-order valence-electron chi connectivity index (χ4n) is 2.55. The van der Waals surface area contributed by atoms with Gasteiger partial charge in [-0.25, -0.2) is 0 Å². The van der Waals surface area contributed by atoms with Crippen molar-refractivity contribution < 1.29 is 14.7 Å². The van der Waals surface area contributed by atoms with Gasteiger partial charge in [-0.15, -0.1) is 0 Å². The molecule has 0 radical (unpaired) electrons. The average Bonchev–Trinajstić information content (AvgIpc) is 2.54. The van der Waals surface area contributed by atoms with E-state index in [1.165, 1.54) is 11.1 Å². The summed E-state index contributed by atoms with van der Waals surface area (Å²) in [5, 5.41) is 14.9. The SMILES string of the molecule is CC[C@H](C)[C@H](NCC(=O)NCCc1ccc(C(C)(C)C)cc1)C(=O)O. The highest BCUT2D eigenvalue weighted by Gasteiger charge is 2.23. The fraction of sp³-hybridized carbons (Fsp3) is 0.600. The van der Waals surface area contributed by atoms with Gasteiger partial charge in [0.2, 0.25) is 5.91 Å². The molecule has 3 N–H and O–H groups in total. The summed E-state index contributed by atoms with van der Waals surface area (Å²) in [4.78, 5) is 23.1. The molecule has 0 saturated carbocycles.